The SMILES string of the molecule is COc1ccccc1OCCCn1c(C)c(C(C)=O)c2ccccc21. The van der Waals surface area contributed by atoms with Gasteiger partial charge in [-0.15, -0.1) is 0 Å². The number of ether oxygens (including phenoxy) is 2. The second kappa shape index (κ2) is 7.43. The van der Waals surface area contributed by atoms with Crippen molar-refractivity contribution in [1.29, 1.82) is 0 Å². The van der Waals surface area contributed by atoms with E-state index in [1.165, 1.54) is 0 Å². The van der Waals surface area contributed by atoms with E-state index in [0.29, 0.717) is 6.61 Å². The predicted molar refractivity (Wildman–Crippen MR) is 99.8 cm³/mol. The fraction of sp³-hybridized carbons (Fsp3) is 0.286. The van der Waals surface area contributed by atoms with Crippen molar-refractivity contribution in [2.24, 2.45) is 0 Å². The Morgan fingerprint density at radius 2 is 1.72 bits per heavy atom. The van der Waals surface area contributed by atoms with E-state index in [0.717, 1.165) is 46.6 Å². The van der Waals surface area contributed by atoms with E-state index >= 15 is 0 Å². The summed E-state index contributed by atoms with van der Waals surface area (Å²) in [7, 11) is 1.64. The lowest BCUT2D eigenvalue weighted by Crippen LogP contribution is -2.07. The van der Waals surface area contributed by atoms with Gasteiger partial charge in [0.05, 0.1) is 13.7 Å². The van der Waals surface area contributed by atoms with Crippen LogP contribution in [0.15, 0.2) is 48.5 Å². The van der Waals surface area contributed by atoms with Gasteiger partial charge in [0.2, 0.25) is 0 Å². The van der Waals surface area contributed by atoms with Crippen LogP contribution in [0.25, 0.3) is 10.9 Å². The molecule has 0 saturated heterocycles. The molecule has 3 rings (SSSR count). The number of para-hydroxylation sites is 3. The molecule has 4 heteroatoms. The van der Waals surface area contributed by atoms with Gasteiger partial charge in [-0.3, -0.25) is 4.79 Å². The molecule has 4 nitrogen and oxygen atoms in total. The van der Waals surface area contributed by atoms with Crippen LogP contribution in [0.4, 0.5) is 0 Å². The van der Waals surface area contributed by atoms with Crippen molar-refractivity contribution in [2.45, 2.75) is 26.8 Å². The Labute approximate surface area is 148 Å². The molecule has 0 spiro atoms. The molecule has 0 aliphatic heterocycles. The summed E-state index contributed by atoms with van der Waals surface area (Å²) >= 11 is 0. The maximum Gasteiger partial charge on any atom is 0.162 e. The van der Waals surface area contributed by atoms with E-state index in [4.69, 9.17) is 9.47 Å². The summed E-state index contributed by atoms with van der Waals surface area (Å²) in [4.78, 5) is 12.0. The van der Waals surface area contributed by atoms with E-state index in [9.17, 15) is 4.79 Å². The molecule has 0 N–H and O–H groups in total. The smallest absolute Gasteiger partial charge is 0.162 e. The van der Waals surface area contributed by atoms with Crippen LogP contribution in [0, 0.1) is 6.92 Å². The molecular weight excluding hydrogens is 314 g/mol. The van der Waals surface area contributed by atoms with E-state index in [-0.39, 0.29) is 5.78 Å². The summed E-state index contributed by atoms with van der Waals surface area (Å²) in [5.74, 6) is 1.60. The van der Waals surface area contributed by atoms with E-state index in [1.807, 2.05) is 49.4 Å². The molecular formula is C21H23NO3. The van der Waals surface area contributed by atoms with Crippen molar-refractivity contribution < 1.29 is 14.3 Å². The average molecular weight is 337 g/mol. The first kappa shape index (κ1) is 17.1. The average Bonchev–Trinajstić information content (AvgIpc) is 2.90. The molecule has 0 saturated carbocycles. The Morgan fingerprint density at radius 3 is 2.44 bits per heavy atom. The summed E-state index contributed by atoms with van der Waals surface area (Å²) in [6.45, 7) is 5.03. The number of fused-ring (bicyclic) bond motifs is 1. The van der Waals surface area contributed by atoms with Crippen LogP contribution in [-0.2, 0) is 6.54 Å². The lowest BCUT2D eigenvalue weighted by atomic mass is 10.1. The molecule has 1 heterocycles. The number of carbonyl (C=O) groups excluding carboxylic acids is 1. The normalized spacial score (nSPS) is 10.8. The van der Waals surface area contributed by atoms with Gasteiger partial charge < -0.3 is 14.0 Å². The number of benzene rings is 2. The van der Waals surface area contributed by atoms with Gasteiger partial charge in [-0.05, 0) is 38.5 Å². The number of ketones is 1. The summed E-state index contributed by atoms with van der Waals surface area (Å²) in [6.07, 6.45) is 0.842. The van der Waals surface area contributed by atoms with Crippen LogP contribution >= 0.6 is 0 Å². The van der Waals surface area contributed by atoms with Gasteiger partial charge in [0, 0.05) is 28.7 Å². The second-order valence-corrected chi connectivity index (χ2v) is 6.04. The molecule has 0 atom stereocenters. The fourth-order valence-electron chi connectivity index (χ4n) is 3.31. The Morgan fingerprint density at radius 1 is 1.04 bits per heavy atom. The standard InChI is InChI=1S/C21H23NO3/c1-15-21(16(2)23)17-9-4-5-10-18(17)22(15)13-8-14-25-20-12-7-6-11-19(20)24-3/h4-7,9-12H,8,13-14H2,1-3H3. The quantitative estimate of drug-likeness (QED) is 0.466. The third kappa shape index (κ3) is 3.38. The van der Waals surface area contributed by atoms with Gasteiger partial charge in [-0.2, -0.15) is 0 Å². The highest BCUT2D eigenvalue weighted by molar-refractivity contribution is 6.08. The van der Waals surface area contributed by atoms with Crippen molar-refractivity contribution in [3.63, 3.8) is 0 Å². The first-order valence-electron chi connectivity index (χ1n) is 8.48. The Balaban J connectivity index is 1.74. The van der Waals surface area contributed by atoms with Crippen molar-refractivity contribution in [3.05, 3.63) is 59.8 Å². The third-order valence-corrected chi connectivity index (χ3v) is 4.44. The van der Waals surface area contributed by atoms with Crippen molar-refractivity contribution in [1.82, 2.24) is 4.57 Å². The van der Waals surface area contributed by atoms with Crippen LogP contribution < -0.4 is 9.47 Å². The summed E-state index contributed by atoms with van der Waals surface area (Å²) < 4.78 is 13.4. The van der Waals surface area contributed by atoms with Gasteiger partial charge in [0.1, 0.15) is 0 Å². The molecule has 0 bridgehead atoms. The molecule has 0 fully saturated rings. The highest BCUT2D eigenvalue weighted by Crippen LogP contribution is 2.28. The molecule has 0 aliphatic carbocycles. The zero-order valence-electron chi connectivity index (χ0n) is 14.9. The Hall–Kier alpha value is -2.75. The van der Waals surface area contributed by atoms with Gasteiger partial charge in [0.15, 0.2) is 17.3 Å². The van der Waals surface area contributed by atoms with Gasteiger partial charge in [0.25, 0.3) is 0 Å². The van der Waals surface area contributed by atoms with E-state index < -0.39 is 0 Å². The van der Waals surface area contributed by atoms with Crippen molar-refractivity contribution in [2.75, 3.05) is 13.7 Å². The maximum atomic E-state index is 12.0. The monoisotopic (exact) mass is 337 g/mol. The largest absolute Gasteiger partial charge is 0.493 e. The summed E-state index contributed by atoms with van der Waals surface area (Å²) in [5, 5.41) is 1.03. The first-order valence-corrected chi connectivity index (χ1v) is 8.48. The number of aryl methyl sites for hydroxylation is 1. The van der Waals surface area contributed by atoms with Crippen LogP contribution in [0.3, 0.4) is 0 Å². The number of hydrogen-bond donors (Lipinski definition) is 0. The topological polar surface area (TPSA) is 40.5 Å². The lowest BCUT2D eigenvalue weighted by molar-refractivity contribution is 0.101. The zero-order valence-corrected chi connectivity index (χ0v) is 14.9. The number of rotatable bonds is 7. The zero-order chi connectivity index (χ0) is 17.8. The highest BCUT2D eigenvalue weighted by Gasteiger charge is 2.16. The van der Waals surface area contributed by atoms with Crippen LogP contribution in [0.1, 0.15) is 29.4 Å². The van der Waals surface area contributed by atoms with E-state index in [1.54, 1.807) is 14.0 Å². The molecule has 3 aromatic rings. The number of aromatic nitrogens is 1. The molecule has 0 amide bonds. The number of nitrogens with zero attached hydrogens (tertiary/aromatic N) is 1. The number of methoxy groups -OCH3 is 1. The second-order valence-electron chi connectivity index (χ2n) is 6.04. The highest BCUT2D eigenvalue weighted by atomic mass is 16.5. The minimum atomic E-state index is 0.109. The summed E-state index contributed by atoms with van der Waals surface area (Å²) in [6, 6.07) is 15.7. The molecule has 2 aromatic carbocycles. The molecule has 1 aromatic heterocycles. The van der Waals surface area contributed by atoms with Gasteiger partial charge in [-0.25, -0.2) is 0 Å². The summed E-state index contributed by atoms with van der Waals surface area (Å²) in [5.41, 5.74) is 2.94. The van der Waals surface area contributed by atoms with Crippen LogP contribution in [0.2, 0.25) is 0 Å². The molecule has 130 valence electrons. The van der Waals surface area contributed by atoms with Crippen LogP contribution in [0.5, 0.6) is 11.5 Å². The van der Waals surface area contributed by atoms with Crippen molar-refractivity contribution >= 4 is 16.7 Å². The van der Waals surface area contributed by atoms with Gasteiger partial charge >= 0.3 is 0 Å². The number of hydrogen-bond acceptors (Lipinski definition) is 3. The molecule has 0 radical (unpaired) electrons. The molecule has 0 unspecified atom stereocenters. The molecule has 0 aliphatic rings. The first-order chi connectivity index (χ1) is 12.1. The van der Waals surface area contributed by atoms with E-state index in [2.05, 4.69) is 10.6 Å². The Bertz CT molecular complexity index is 895. The van der Waals surface area contributed by atoms with Crippen molar-refractivity contribution in [3.8, 4) is 11.5 Å². The minimum Gasteiger partial charge on any atom is -0.493 e. The lowest BCUT2D eigenvalue weighted by Gasteiger charge is -2.12. The fourth-order valence-corrected chi connectivity index (χ4v) is 3.31. The maximum absolute atomic E-state index is 12.0. The van der Waals surface area contributed by atoms with Crippen LogP contribution in [-0.4, -0.2) is 24.1 Å². The number of Topliss-reactive ketones (excluding diaryl/α,β-unsaturated/α-hetero) is 1. The van der Waals surface area contributed by atoms with Gasteiger partial charge in [-0.1, -0.05) is 30.3 Å². The number of carbonyl (C=O) groups is 1. The third-order valence-electron chi connectivity index (χ3n) is 4.44. The predicted octanol–water partition coefficient (Wildman–Crippen LogP) is 4.63. The minimum absolute atomic E-state index is 0.109. The molecule has 25 heavy (non-hydrogen) atoms. The Kier molecular flexibility index (Phi) is 5.08.